The maximum atomic E-state index is 4.68. The van der Waals surface area contributed by atoms with Gasteiger partial charge in [0.25, 0.3) is 0 Å². The molecule has 9 aromatic carbocycles. The molecule has 0 saturated heterocycles. The third-order valence-corrected chi connectivity index (χ3v) is 15.4. The highest BCUT2D eigenvalue weighted by Gasteiger charge is 2.47. The smallest absolute Gasteiger partial charge is 0.0702 e. The predicted molar refractivity (Wildman–Crippen MR) is 297 cm³/mol. The van der Waals surface area contributed by atoms with Gasteiger partial charge in [0.1, 0.15) is 0 Å². The zero-order chi connectivity index (χ0) is 47.7. The first-order chi connectivity index (χ1) is 35.0. The van der Waals surface area contributed by atoms with E-state index in [-0.39, 0.29) is 5.41 Å². The summed E-state index contributed by atoms with van der Waals surface area (Å²) in [7, 11) is 0. The summed E-state index contributed by atoms with van der Waals surface area (Å²) in [5, 5.41) is 0. The van der Waals surface area contributed by atoms with Crippen LogP contribution in [0.15, 0.2) is 249 Å². The van der Waals surface area contributed by atoms with E-state index < -0.39 is 0 Å². The topological polar surface area (TPSA) is 19.4 Å². The average molecular weight is 916 g/mol. The first-order valence-corrected chi connectivity index (χ1v) is 25.4. The Morgan fingerprint density at radius 3 is 1.46 bits per heavy atom. The van der Waals surface area contributed by atoms with Crippen LogP contribution in [0.25, 0.3) is 33.5 Å². The van der Waals surface area contributed by atoms with Crippen molar-refractivity contribution in [3.8, 4) is 33.5 Å². The van der Waals surface area contributed by atoms with Gasteiger partial charge in [0.05, 0.1) is 5.69 Å². The number of pyridine rings is 1. The van der Waals surface area contributed by atoms with Crippen LogP contribution in [0, 0.1) is 0 Å². The fourth-order valence-corrected chi connectivity index (χ4v) is 11.8. The van der Waals surface area contributed by atoms with Crippen molar-refractivity contribution in [2.24, 2.45) is 0 Å². The van der Waals surface area contributed by atoms with Gasteiger partial charge in [-0.1, -0.05) is 166 Å². The molecular weight excluding hydrogens is 859 g/mol. The van der Waals surface area contributed by atoms with Gasteiger partial charge >= 0.3 is 0 Å². The Bertz CT molecular complexity index is 3390. The van der Waals surface area contributed by atoms with Crippen LogP contribution < -0.4 is 9.80 Å². The molecule has 10 aromatic rings. The van der Waals surface area contributed by atoms with Crippen molar-refractivity contribution in [2.75, 3.05) is 9.80 Å². The van der Waals surface area contributed by atoms with Crippen molar-refractivity contribution in [1.82, 2.24) is 4.98 Å². The monoisotopic (exact) mass is 915 g/mol. The van der Waals surface area contributed by atoms with Gasteiger partial charge in [-0.15, -0.1) is 0 Å². The standard InChI is InChI=1S/C68H57N3/c1-3-49(53-34-41-64-63-23-13-14-24-65(63)68(66(64)45-53)46-55-27-26-54(44-56(55)47-68)67-25-15-16-42-69-67)43-48(2)50-28-35-60(36-29-50)71(59-21-11-6-12-22-59)62-39-32-52(33-40-62)51-30-37-61(38-31-51)70(57-17-7-4-8-18-57)58-19-9-5-10-20-58/h4-42,44-45,48-49H,3,43,46-47H2,1-2H3. The van der Waals surface area contributed by atoms with Gasteiger partial charge in [-0.3, -0.25) is 4.98 Å². The first-order valence-electron chi connectivity index (χ1n) is 25.4. The van der Waals surface area contributed by atoms with E-state index in [2.05, 4.69) is 265 Å². The average Bonchev–Trinajstić information content (AvgIpc) is 3.96. The lowest BCUT2D eigenvalue weighted by Crippen LogP contribution is -2.26. The molecule has 0 amide bonds. The molecule has 1 aromatic heterocycles. The highest BCUT2D eigenvalue weighted by molar-refractivity contribution is 5.84. The molecule has 1 heterocycles. The molecule has 2 aliphatic carbocycles. The zero-order valence-electron chi connectivity index (χ0n) is 40.5. The van der Waals surface area contributed by atoms with Crippen molar-refractivity contribution in [3.63, 3.8) is 0 Å². The zero-order valence-corrected chi connectivity index (χ0v) is 40.5. The van der Waals surface area contributed by atoms with Crippen LogP contribution in [-0.2, 0) is 18.3 Å². The number of hydrogen-bond acceptors (Lipinski definition) is 3. The fraction of sp³-hybridized carbons (Fsp3) is 0.132. The molecule has 12 rings (SSSR count). The summed E-state index contributed by atoms with van der Waals surface area (Å²) >= 11 is 0. The van der Waals surface area contributed by atoms with E-state index in [1.54, 1.807) is 0 Å². The maximum Gasteiger partial charge on any atom is 0.0702 e. The molecule has 2 aliphatic rings. The number of aromatic nitrogens is 1. The van der Waals surface area contributed by atoms with Crippen molar-refractivity contribution < 1.29 is 0 Å². The van der Waals surface area contributed by atoms with E-state index in [1.807, 2.05) is 12.3 Å². The molecule has 0 saturated carbocycles. The van der Waals surface area contributed by atoms with Crippen LogP contribution in [0.4, 0.5) is 34.1 Å². The van der Waals surface area contributed by atoms with Gasteiger partial charge in [0.2, 0.25) is 0 Å². The minimum atomic E-state index is -0.0583. The first kappa shape index (κ1) is 44.0. The summed E-state index contributed by atoms with van der Waals surface area (Å²) in [6, 6.07) is 89.0. The van der Waals surface area contributed by atoms with Gasteiger partial charge < -0.3 is 9.80 Å². The predicted octanol–water partition coefficient (Wildman–Crippen LogP) is 18.1. The van der Waals surface area contributed by atoms with Gasteiger partial charge in [0, 0.05) is 51.3 Å². The molecule has 0 aliphatic heterocycles. The van der Waals surface area contributed by atoms with Gasteiger partial charge in [-0.25, -0.2) is 0 Å². The molecule has 3 atom stereocenters. The summed E-state index contributed by atoms with van der Waals surface area (Å²) < 4.78 is 0. The van der Waals surface area contributed by atoms with E-state index in [0.29, 0.717) is 11.8 Å². The van der Waals surface area contributed by atoms with Crippen LogP contribution in [0.5, 0.6) is 0 Å². The molecule has 71 heavy (non-hydrogen) atoms. The number of nitrogens with zero attached hydrogens (tertiary/aromatic N) is 3. The lowest BCUT2D eigenvalue weighted by atomic mass is 9.74. The second-order valence-electron chi connectivity index (χ2n) is 19.6. The van der Waals surface area contributed by atoms with Crippen molar-refractivity contribution in [2.45, 2.75) is 56.8 Å². The number of anilines is 6. The molecule has 0 radical (unpaired) electrons. The number of hydrogen-bond donors (Lipinski definition) is 0. The molecule has 0 N–H and O–H groups in total. The quantitative estimate of drug-likeness (QED) is 0.115. The van der Waals surface area contributed by atoms with E-state index in [0.717, 1.165) is 65.5 Å². The molecule has 1 spiro atoms. The fourth-order valence-electron chi connectivity index (χ4n) is 11.8. The largest absolute Gasteiger partial charge is 0.311 e. The third-order valence-electron chi connectivity index (χ3n) is 15.4. The Balaban J connectivity index is 0.782. The third kappa shape index (κ3) is 8.32. The lowest BCUT2D eigenvalue weighted by molar-refractivity contribution is 0.537. The molecular formula is C68H57N3. The van der Waals surface area contributed by atoms with Crippen LogP contribution in [0.3, 0.4) is 0 Å². The Labute approximate surface area is 419 Å². The minimum Gasteiger partial charge on any atom is -0.311 e. The molecule has 344 valence electrons. The van der Waals surface area contributed by atoms with E-state index >= 15 is 0 Å². The van der Waals surface area contributed by atoms with Gasteiger partial charge in [0.15, 0.2) is 0 Å². The van der Waals surface area contributed by atoms with Gasteiger partial charge in [-0.05, 0) is 184 Å². The summed E-state index contributed by atoms with van der Waals surface area (Å²) in [4.78, 5) is 9.35. The molecule has 3 unspecified atom stereocenters. The molecule has 0 bridgehead atoms. The molecule has 3 heteroatoms. The summed E-state index contributed by atoms with van der Waals surface area (Å²) in [6.07, 6.45) is 6.11. The van der Waals surface area contributed by atoms with Crippen molar-refractivity contribution in [3.05, 3.63) is 282 Å². The Morgan fingerprint density at radius 1 is 0.423 bits per heavy atom. The van der Waals surface area contributed by atoms with Crippen molar-refractivity contribution >= 4 is 34.1 Å². The number of benzene rings is 9. The highest BCUT2D eigenvalue weighted by Crippen LogP contribution is 2.56. The Morgan fingerprint density at radius 2 is 0.901 bits per heavy atom. The number of fused-ring (bicyclic) bond motifs is 6. The van der Waals surface area contributed by atoms with Crippen LogP contribution in [0.2, 0.25) is 0 Å². The van der Waals surface area contributed by atoms with E-state index in [9.17, 15) is 0 Å². The minimum absolute atomic E-state index is 0.0583. The van der Waals surface area contributed by atoms with E-state index in [4.69, 9.17) is 0 Å². The number of para-hydroxylation sites is 3. The lowest BCUT2D eigenvalue weighted by Gasteiger charge is -2.28. The Hall–Kier alpha value is -8.27. The van der Waals surface area contributed by atoms with Crippen molar-refractivity contribution in [1.29, 1.82) is 0 Å². The molecule has 3 nitrogen and oxygen atoms in total. The molecule has 0 fully saturated rings. The SMILES string of the molecule is CCC(CC(C)c1ccc(N(c2ccccc2)c2ccc(-c3ccc(N(c4ccccc4)c4ccccc4)cc3)cc2)cc1)c1ccc2c(c1)C1(Cc3ccc(-c4ccccn4)cc3C1)c1ccccc1-2. The van der Waals surface area contributed by atoms with Crippen LogP contribution >= 0.6 is 0 Å². The van der Waals surface area contributed by atoms with E-state index in [1.165, 1.54) is 61.2 Å². The number of rotatable bonds is 13. The Kier molecular flexibility index (Phi) is 11.7. The van der Waals surface area contributed by atoms with Gasteiger partial charge in [-0.2, -0.15) is 0 Å². The van der Waals surface area contributed by atoms with Crippen LogP contribution in [0.1, 0.15) is 71.9 Å². The second kappa shape index (κ2) is 18.9. The maximum absolute atomic E-state index is 4.68. The van der Waals surface area contributed by atoms with Crippen LogP contribution in [-0.4, -0.2) is 4.98 Å². The summed E-state index contributed by atoms with van der Waals surface area (Å²) in [5.74, 6) is 0.829. The summed E-state index contributed by atoms with van der Waals surface area (Å²) in [6.45, 7) is 4.78. The normalized spacial score (nSPS) is 15.1. The second-order valence-corrected chi connectivity index (χ2v) is 19.6. The highest BCUT2D eigenvalue weighted by atomic mass is 15.1. The summed E-state index contributed by atoms with van der Waals surface area (Å²) in [5.41, 5.74) is 22.8.